The molecular formula is C15H14ClN3OS. The summed E-state index contributed by atoms with van der Waals surface area (Å²) in [7, 11) is 1.65. The minimum atomic E-state index is 0.646. The van der Waals surface area contributed by atoms with E-state index in [1.54, 1.807) is 18.4 Å². The maximum atomic E-state index is 6.08. The normalized spacial score (nSPS) is 10.8. The highest BCUT2D eigenvalue weighted by molar-refractivity contribution is 7.13. The average Bonchev–Trinajstić information content (AvgIpc) is 2.95. The molecule has 21 heavy (non-hydrogen) atoms. The van der Waals surface area contributed by atoms with Crippen LogP contribution < -0.4 is 10.1 Å². The van der Waals surface area contributed by atoms with E-state index >= 15 is 0 Å². The quantitative estimate of drug-likeness (QED) is 0.771. The Bertz CT molecular complexity index is 788. The van der Waals surface area contributed by atoms with Crippen LogP contribution >= 0.6 is 22.9 Å². The third-order valence-corrected chi connectivity index (χ3v) is 4.18. The van der Waals surface area contributed by atoms with Crippen molar-refractivity contribution >= 4 is 39.7 Å². The lowest BCUT2D eigenvalue weighted by Crippen LogP contribution is -2.02. The molecule has 0 unspecified atom stereocenters. The Labute approximate surface area is 131 Å². The number of benzene rings is 1. The van der Waals surface area contributed by atoms with Crippen LogP contribution in [0.15, 0.2) is 29.6 Å². The van der Waals surface area contributed by atoms with Crippen molar-refractivity contribution in [3.63, 3.8) is 0 Å². The molecule has 0 saturated heterocycles. The van der Waals surface area contributed by atoms with Crippen molar-refractivity contribution in [1.29, 1.82) is 0 Å². The maximum absolute atomic E-state index is 6.08. The predicted octanol–water partition coefficient (Wildman–Crippen LogP) is 4.45. The molecule has 1 aromatic carbocycles. The van der Waals surface area contributed by atoms with Crippen LogP contribution in [0.2, 0.25) is 5.02 Å². The van der Waals surface area contributed by atoms with E-state index < -0.39 is 0 Å². The van der Waals surface area contributed by atoms with E-state index in [1.165, 1.54) is 0 Å². The largest absolute Gasteiger partial charge is 0.495 e. The van der Waals surface area contributed by atoms with Gasteiger partial charge >= 0.3 is 0 Å². The number of anilines is 1. The molecule has 0 aliphatic carbocycles. The van der Waals surface area contributed by atoms with Crippen molar-refractivity contribution in [3.8, 4) is 16.5 Å². The first-order valence-electron chi connectivity index (χ1n) is 6.56. The van der Waals surface area contributed by atoms with E-state index in [0.29, 0.717) is 10.8 Å². The van der Waals surface area contributed by atoms with Crippen LogP contribution in [0.25, 0.3) is 21.6 Å². The molecule has 0 aliphatic heterocycles. The molecule has 3 rings (SSSR count). The van der Waals surface area contributed by atoms with Crippen molar-refractivity contribution in [1.82, 2.24) is 9.97 Å². The Kier molecular flexibility index (Phi) is 3.94. The van der Waals surface area contributed by atoms with E-state index in [2.05, 4.69) is 15.3 Å². The number of aromatic nitrogens is 2. The van der Waals surface area contributed by atoms with E-state index in [4.69, 9.17) is 16.3 Å². The SMILES string of the molecule is CCNc1nc(-c2sccc2OC)nc2cc(Cl)ccc12. The molecule has 0 amide bonds. The summed E-state index contributed by atoms with van der Waals surface area (Å²) in [5, 5.41) is 6.86. The fourth-order valence-corrected chi connectivity index (χ4v) is 3.09. The first-order valence-corrected chi connectivity index (χ1v) is 7.81. The molecule has 0 bridgehead atoms. The highest BCUT2D eigenvalue weighted by Gasteiger charge is 2.14. The molecular weight excluding hydrogens is 306 g/mol. The molecule has 2 heterocycles. The zero-order chi connectivity index (χ0) is 14.8. The number of ether oxygens (including phenoxy) is 1. The van der Waals surface area contributed by atoms with Gasteiger partial charge in [-0.3, -0.25) is 0 Å². The third kappa shape index (κ3) is 2.66. The molecule has 4 nitrogen and oxygen atoms in total. The van der Waals surface area contributed by atoms with Crippen molar-refractivity contribution in [2.45, 2.75) is 6.92 Å². The smallest absolute Gasteiger partial charge is 0.176 e. The summed E-state index contributed by atoms with van der Waals surface area (Å²) in [6, 6.07) is 7.55. The molecule has 0 atom stereocenters. The van der Waals surface area contributed by atoms with Crippen LogP contribution in [0.3, 0.4) is 0 Å². The number of halogens is 1. The van der Waals surface area contributed by atoms with E-state index in [0.717, 1.165) is 33.9 Å². The Balaban J connectivity index is 2.24. The molecule has 0 fully saturated rings. The Morgan fingerprint density at radius 3 is 2.90 bits per heavy atom. The van der Waals surface area contributed by atoms with Gasteiger partial charge in [0.1, 0.15) is 16.4 Å². The molecule has 0 radical (unpaired) electrons. The van der Waals surface area contributed by atoms with Gasteiger partial charge < -0.3 is 10.1 Å². The fraction of sp³-hybridized carbons (Fsp3) is 0.200. The second-order valence-corrected chi connectivity index (χ2v) is 5.76. The van der Waals surface area contributed by atoms with Crippen LogP contribution in [0, 0.1) is 0 Å². The van der Waals surface area contributed by atoms with E-state index in [-0.39, 0.29) is 0 Å². The topological polar surface area (TPSA) is 47.0 Å². The van der Waals surface area contributed by atoms with E-state index in [9.17, 15) is 0 Å². The second kappa shape index (κ2) is 5.87. The number of methoxy groups -OCH3 is 1. The predicted molar refractivity (Wildman–Crippen MR) is 88.6 cm³/mol. The molecule has 0 spiro atoms. The van der Waals surface area contributed by atoms with Gasteiger partial charge in [-0.2, -0.15) is 0 Å². The summed E-state index contributed by atoms with van der Waals surface area (Å²) < 4.78 is 5.36. The van der Waals surface area contributed by atoms with Crippen molar-refractivity contribution in [3.05, 3.63) is 34.7 Å². The van der Waals surface area contributed by atoms with Crippen LogP contribution in [-0.2, 0) is 0 Å². The first kappa shape index (κ1) is 14.1. The summed E-state index contributed by atoms with van der Waals surface area (Å²) in [6.45, 7) is 2.82. The van der Waals surface area contributed by atoms with Gasteiger partial charge in [0, 0.05) is 17.0 Å². The van der Waals surface area contributed by atoms with Crippen molar-refractivity contribution in [2.75, 3.05) is 19.0 Å². The number of nitrogens with zero attached hydrogens (tertiary/aromatic N) is 2. The third-order valence-electron chi connectivity index (χ3n) is 3.06. The molecule has 6 heteroatoms. The van der Waals surface area contributed by atoms with Gasteiger partial charge in [-0.1, -0.05) is 11.6 Å². The highest BCUT2D eigenvalue weighted by Crippen LogP contribution is 2.35. The molecule has 0 aliphatic rings. The van der Waals surface area contributed by atoms with Crippen molar-refractivity contribution in [2.24, 2.45) is 0 Å². The molecule has 3 aromatic rings. The fourth-order valence-electron chi connectivity index (χ4n) is 2.13. The Morgan fingerprint density at radius 2 is 2.14 bits per heavy atom. The Morgan fingerprint density at radius 1 is 1.29 bits per heavy atom. The zero-order valence-electron chi connectivity index (χ0n) is 11.7. The lowest BCUT2D eigenvalue weighted by Gasteiger charge is -2.10. The summed E-state index contributed by atoms with van der Waals surface area (Å²) >= 11 is 7.64. The number of thiophene rings is 1. The zero-order valence-corrected chi connectivity index (χ0v) is 13.3. The standard InChI is InChI=1S/C15H14ClN3OS/c1-3-17-14-10-5-4-9(16)8-11(10)18-15(19-14)13-12(20-2)6-7-21-13/h4-8H,3H2,1-2H3,(H,17,18,19). The molecule has 108 valence electrons. The summed E-state index contributed by atoms with van der Waals surface area (Å²) in [4.78, 5) is 10.2. The molecule has 1 N–H and O–H groups in total. The first-order chi connectivity index (χ1) is 10.2. The van der Waals surface area contributed by atoms with Crippen LogP contribution in [0.1, 0.15) is 6.92 Å². The van der Waals surface area contributed by atoms with Crippen molar-refractivity contribution < 1.29 is 4.74 Å². The number of hydrogen-bond acceptors (Lipinski definition) is 5. The van der Waals surface area contributed by atoms with Gasteiger partial charge in [0.05, 0.1) is 12.6 Å². The monoisotopic (exact) mass is 319 g/mol. The molecule has 2 aromatic heterocycles. The summed E-state index contributed by atoms with van der Waals surface area (Å²) in [5.41, 5.74) is 0.818. The van der Waals surface area contributed by atoms with Crippen LogP contribution in [0.4, 0.5) is 5.82 Å². The minimum Gasteiger partial charge on any atom is -0.495 e. The van der Waals surface area contributed by atoms with Gasteiger partial charge in [-0.15, -0.1) is 11.3 Å². The van der Waals surface area contributed by atoms with Crippen LogP contribution in [0.5, 0.6) is 5.75 Å². The van der Waals surface area contributed by atoms with Gasteiger partial charge in [0.25, 0.3) is 0 Å². The summed E-state index contributed by atoms with van der Waals surface area (Å²) in [6.07, 6.45) is 0. The number of rotatable bonds is 4. The lowest BCUT2D eigenvalue weighted by molar-refractivity contribution is 0.418. The number of nitrogens with one attached hydrogen (secondary N) is 1. The van der Waals surface area contributed by atoms with Gasteiger partial charge in [-0.25, -0.2) is 9.97 Å². The van der Waals surface area contributed by atoms with Crippen LogP contribution in [-0.4, -0.2) is 23.6 Å². The van der Waals surface area contributed by atoms with Gasteiger partial charge in [0.2, 0.25) is 0 Å². The average molecular weight is 320 g/mol. The minimum absolute atomic E-state index is 0.646. The summed E-state index contributed by atoms with van der Waals surface area (Å²) in [5.74, 6) is 2.24. The lowest BCUT2D eigenvalue weighted by atomic mass is 10.2. The number of fused-ring (bicyclic) bond motifs is 1. The maximum Gasteiger partial charge on any atom is 0.176 e. The highest BCUT2D eigenvalue weighted by atomic mass is 35.5. The number of hydrogen-bond donors (Lipinski definition) is 1. The second-order valence-electron chi connectivity index (χ2n) is 4.41. The molecule has 0 saturated carbocycles. The Hall–Kier alpha value is -1.85. The van der Waals surface area contributed by atoms with E-state index in [1.807, 2.05) is 36.6 Å². The van der Waals surface area contributed by atoms with Gasteiger partial charge in [0.15, 0.2) is 5.82 Å². The van der Waals surface area contributed by atoms with Gasteiger partial charge in [-0.05, 0) is 36.6 Å².